The standard InChI is InChI=1S/C15H19N5O/c1-10(8-11-9-16-6-7-17-11)20(2)15(21)14-12-4-3-5-13(12)18-19-14/h6-7,9-10H,3-5,8H2,1-2H3,(H,18,19). The monoisotopic (exact) mass is 285 g/mol. The van der Waals surface area contributed by atoms with E-state index in [1.54, 1.807) is 23.5 Å². The molecule has 1 aliphatic carbocycles. The molecule has 2 heterocycles. The fourth-order valence-electron chi connectivity index (χ4n) is 2.74. The van der Waals surface area contributed by atoms with Crippen LogP contribution < -0.4 is 0 Å². The maximum Gasteiger partial charge on any atom is 0.274 e. The van der Waals surface area contributed by atoms with E-state index in [-0.39, 0.29) is 11.9 Å². The fraction of sp³-hybridized carbons (Fsp3) is 0.467. The van der Waals surface area contributed by atoms with Gasteiger partial charge in [-0.2, -0.15) is 5.10 Å². The van der Waals surface area contributed by atoms with Gasteiger partial charge in [0.1, 0.15) is 0 Å². The molecular weight excluding hydrogens is 266 g/mol. The van der Waals surface area contributed by atoms with Gasteiger partial charge >= 0.3 is 0 Å². The normalized spacial score (nSPS) is 14.8. The van der Waals surface area contributed by atoms with Gasteiger partial charge in [-0.3, -0.25) is 19.9 Å². The lowest BCUT2D eigenvalue weighted by Gasteiger charge is -2.24. The molecule has 0 fully saturated rings. The van der Waals surface area contributed by atoms with Crippen molar-refractivity contribution < 1.29 is 4.79 Å². The van der Waals surface area contributed by atoms with Crippen LogP contribution >= 0.6 is 0 Å². The number of aromatic nitrogens is 4. The molecule has 3 rings (SSSR count). The highest BCUT2D eigenvalue weighted by atomic mass is 16.2. The molecule has 0 bridgehead atoms. The summed E-state index contributed by atoms with van der Waals surface area (Å²) >= 11 is 0. The predicted molar refractivity (Wildman–Crippen MR) is 77.9 cm³/mol. The van der Waals surface area contributed by atoms with Crippen molar-refractivity contribution in [2.45, 2.75) is 38.6 Å². The molecule has 1 N–H and O–H groups in total. The first-order valence-electron chi connectivity index (χ1n) is 7.25. The minimum Gasteiger partial charge on any atom is -0.337 e. The summed E-state index contributed by atoms with van der Waals surface area (Å²) in [5, 5.41) is 7.19. The minimum atomic E-state index is -0.0224. The van der Waals surface area contributed by atoms with E-state index in [9.17, 15) is 4.79 Å². The maximum atomic E-state index is 12.6. The SMILES string of the molecule is CC(Cc1cnccn1)N(C)C(=O)c1n[nH]c2c1CCC2. The van der Waals surface area contributed by atoms with Crippen LogP contribution in [0.2, 0.25) is 0 Å². The Kier molecular flexibility index (Phi) is 3.68. The van der Waals surface area contributed by atoms with Crippen molar-refractivity contribution in [1.82, 2.24) is 25.1 Å². The van der Waals surface area contributed by atoms with Gasteiger partial charge in [0, 0.05) is 49.4 Å². The number of carbonyl (C=O) groups excluding carboxylic acids is 1. The highest BCUT2D eigenvalue weighted by Crippen LogP contribution is 2.24. The highest BCUT2D eigenvalue weighted by Gasteiger charge is 2.27. The Hall–Kier alpha value is -2.24. The molecule has 1 atom stereocenters. The first-order chi connectivity index (χ1) is 10.2. The number of hydrogen-bond donors (Lipinski definition) is 1. The van der Waals surface area contributed by atoms with Gasteiger partial charge in [0.15, 0.2) is 5.69 Å². The molecule has 1 unspecified atom stereocenters. The molecule has 0 aliphatic heterocycles. The number of hydrogen-bond acceptors (Lipinski definition) is 4. The summed E-state index contributed by atoms with van der Waals surface area (Å²) < 4.78 is 0. The molecular formula is C15H19N5O. The van der Waals surface area contributed by atoms with Crippen molar-refractivity contribution in [2.24, 2.45) is 0 Å². The number of rotatable bonds is 4. The van der Waals surface area contributed by atoms with Crippen molar-refractivity contribution in [3.8, 4) is 0 Å². The maximum absolute atomic E-state index is 12.6. The number of nitrogens with one attached hydrogen (secondary N) is 1. The van der Waals surface area contributed by atoms with Crippen LogP contribution in [0.3, 0.4) is 0 Å². The lowest BCUT2D eigenvalue weighted by Crippen LogP contribution is -2.37. The first-order valence-corrected chi connectivity index (χ1v) is 7.25. The zero-order chi connectivity index (χ0) is 14.8. The molecule has 2 aromatic rings. The molecule has 2 aromatic heterocycles. The molecule has 0 saturated carbocycles. The summed E-state index contributed by atoms with van der Waals surface area (Å²) in [4.78, 5) is 22.7. The number of aromatic amines is 1. The third-order valence-corrected chi connectivity index (χ3v) is 4.11. The average Bonchev–Trinajstić information content (AvgIpc) is 3.09. The van der Waals surface area contributed by atoms with E-state index in [4.69, 9.17) is 0 Å². The summed E-state index contributed by atoms with van der Waals surface area (Å²) in [7, 11) is 1.82. The van der Waals surface area contributed by atoms with Crippen molar-refractivity contribution >= 4 is 5.91 Å². The molecule has 0 spiro atoms. The van der Waals surface area contributed by atoms with Crippen LogP contribution in [0.25, 0.3) is 0 Å². The van der Waals surface area contributed by atoms with Gasteiger partial charge < -0.3 is 4.90 Å². The van der Waals surface area contributed by atoms with Gasteiger partial charge in [0.05, 0.1) is 5.69 Å². The van der Waals surface area contributed by atoms with E-state index in [2.05, 4.69) is 20.2 Å². The Balaban J connectivity index is 1.72. The fourth-order valence-corrected chi connectivity index (χ4v) is 2.74. The van der Waals surface area contributed by atoms with E-state index < -0.39 is 0 Å². The predicted octanol–water partition coefficient (Wildman–Crippen LogP) is 1.39. The van der Waals surface area contributed by atoms with Crippen LogP contribution in [0.1, 0.15) is 40.8 Å². The van der Waals surface area contributed by atoms with Crippen LogP contribution in [-0.4, -0.2) is 44.1 Å². The van der Waals surface area contributed by atoms with Crippen LogP contribution in [0.4, 0.5) is 0 Å². The Bertz CT molecular complexity index is 637. The second-order valence-corrected chi connectivity index (χ2v) is 5.55. The van der Waals surface area contributed by atoms with Crippen LogP contribution in [0.5, 0.6) is 0 Å². The molecule has 6 heteroatoms. The molecule has 6 nitrogen and oxygen atoms in total. The van der Waals surface area contributed by atoms with Gasteiger partial charge in [-0.1, -0.05) is 0 Å². The smallest absolute Gasteiger partial charge is 0.274 e. The number of amides is 1. The minimum absolute atomic E-state index is 0.0224. The highest BCUT2D eigenvalue weighted by molar-refractivity contribution is 5.94. The molecule has 1 aliphatic rings. The number of fused-ring (bicyclic) bond motifs is 1. The second-order valence-electron chi connectivity index (χ2n) is 5.55. The second kappa shape index (κ2) is 5.63. The van der Waals surface area contributed by atoms with Crippen LogP contribution in [0, 0.1) is 0 Å². The topological polar surface area (TPSA) is 74.8 Å². The number of H-pyrrole nitrogens is 1. The summed E-state index contributed by atoms with van der Waals surface area (Å²) in [6.45, 7) is 2.01. The molecule has 110 valence electrons. The van der Waals surface area contributed by atoms with Crippen molar-refractivity contribution in [1.29, 1.82) is 0 Å². The van der Waals surface area contributed by atoms with E-state index in [1.165, 1.54) is 0 Å². The number of carbonyl (C=O) groups is 1. The molecule has 0 saturated heterocycles. The van der Waals surface area contributed by atoms with Gasteiger partial charge in [0.2, 0.25) is 0 Å². The third kappa shape index (κ3) is 2.66. The largest absolute Gasteiger partial charge is 0.337 e. The number of nitrogens with zero attached hydrogens (tertiary/aromatic N) is 4. The van der Waals surface area contributed by atoms with Gasteiger partial charge in [0.25, 0.3) is 5.91 Å². The lowest BCUT2D eigenvalue weighted by atomic mass is 10.1. The molecule has 0 aromatic carbocycles. The zero-order valence-corrected chi connectivity index (χ0v) is 12.3. The Morgan fingerprint density at radius 3 is 3.05 bits per heavy atom. The third-order valence-electron chi connectivity index (χ3n) is 4.11. The Morgan fingerprint density at radius 2 is 2.29 bits per heavy atom. The van der Waals surface area contributed by atoms with Crippen molar-refractivity contribution in [2.75, 3.05) is 7.05 Å². The first kappa shape index (κ1) is 13.7. The Labute approximate surface area is 123 Å². The molecule has 1 amide bonds. The molecule has 21 heavy (non-hydrogen) atoms. The molecule has 0 radical (unpaired) electrons. The average molecular weight is 285 g/mol. The summed E-state index contributed by atoms with van der Waals surface area (Å²) in [5.74, 6) is -0.0224. The summed E-state index contributed by atoms with van der Waals surface area (Å²) in [6.07, 6.45) is 8.78. The number of likely N-dealkylation sites (N-methyl/N-ethyl adjacent to an activating group) is 1. The van der Waals surface area contributed by atoms with E-state index in [0.29, 0.717) is 12.1 Å². The van der Waals surface area contributed by atoms with Crippen molar-refractivity contribution in [3.05, 3.63) is 41.2 Å². The van der Waals surface area contributed by atoms with Crippen LogP contribution in [0.15, 0.2) is 18.6 Å². The van der Waals surface area contributed by atoms with Crippen LogP contribution in [-0.2, 0) is 19.3 Å². The lowest BCUT2D eigenvalue weighted by molar-refractivity contribution is 0.0736. The van der Waals surface area contributed by atoms with E-state index in [0.717, 1.165) is 36.2 Å². The Morgan fingerprint density at radius 1 is 1.43 bits per heavy atom. The van der Waals surface area contributed by atoms with Gasteiger partial charge in [-0.05, 0) is 26.2 Å². The van der Waals surface area contributed by atoms with E-state index >= 15 is 0 Å². The van der Waals surface area contributed by atoms with Gasteiger partial charge in [-0.15, -0.1) is 0 Å². The summed E-state index contributed by atoms with van der Waals surface area (Å²) in [6, 6.07) is 0.0444. The zero-order valence-electron chi connectivity index (χ0n) is 12.3. The van der Waals surface area contributed by atoms with Gasteiger partial charge in [-0.25, -0.2) is 0 Å². The van der Waals surface area contributed by atoms with E-state index in [1.807, 2.05) is 14.0 Å². The summed E-state index contributed by atoms with van der Waals surface area (Å²) in [5.41, 5.74) is 3.68. The number of aryl methyl sites for hydroxylation is 1. The van der Waals surface area contributed by atoms with Crippen molar-refractivity contribution in [3.63, 3.8) is 0 Å². The quantitative estimate of drug-likeness (QED) is 0.921.